The van der Waals surface area contributed by atoms with Crippen LogP contribution in [0.25, 0.3) is 0 Å². The molecule has 0 aliphatic carbocycles. The predicted octanol–water partition coefficient (Wildman–Crippen LogP) is 1.43. The second-order valence-electron chi connectivity index (χ2n) is 4.45. The Morgan fingerprint density at radius 3 is 2.86 bits per heavy atom. The van der Waals surface area contributed by atoms with Crippen molar-refractivity contribution in [2.45, 2.75) is 12.8 Å². The molecule has 1 rings (SSSR count). The SMILES string of the molecule is COCCN(CCC#N)C(=O)CCOc1cccc(N)c1. The van der Waals surface area contributed by atoms with E-state index in [0.29, 0.717) is 37.6 Å². The van der Waals surface area contributed by atoms with Gasteiger partial charge in [-0.1, -0.05) is 6.07 Å². The molecular weight excluding hydrogens is 270 g/mol. The molecule has 114 valence electrons. The summed E-state index contributed by atoms with van der Waals surface area (Å²) in [6.07, 6.45) is 0.565. The van der Waals surface area contributed by atoms with Gasteiger partial charge in [0.15, 0.2) is 0 Å². The molecule has 0 spiro atoms. The Morgan fingerprint density at radius 1 is 1.38 bits per heavy atom. The number of nitrogens with zero attached hydrogens (tertiary/aromatic N) is 2. The average Bonchev–Trinajstić information content (AvgIpc) is 2.47. The first-order chi connectivity index (χ1) is 10.2. The largest absolute Gasteiger partial charge is 0.493 e. The van der Waals surface area contributed by atoms with Crippen LogP contribution < -0.4 is 10.5 Å². The third-order valence-corrected chi connectivity index (χ3v) is 2.85. The van der Waals surface area contributed by atoms with Crippen LogP contribution in [0.2, 0.25) is 0 Å². The predicted molar refractivity (Wildman–Crippen MR) is 79.7 cm³/mol. The van der Waals surface area contributed by atoms with Crippen molar-refractivity contribution in [2.24, 2.45) is 0 Å². The molecule has 0 saturated carbocycles. The number of carbonyl (C=O) groups excluding carboxylic acids is 1. The van der Waals surface area contributed by atoms with Crippen LogP contribution in [0, 0.1) is 11.3 Å². The quantitative estimate of drug-likeness (QED) is 0.695. The highest BCUT2D eigenvalue weighted by Crippen LogP contribution is 2.14. The zero-order valence-corrected chi connectivity index (χ0v) is 12.2. The van der Waals surface area contributed by atoms with E-state index in [4.69, 9.17) is 20.5 Å². The zero-order valence-electron chi connectivity index (χ0n) is 12.2. The number of amides is 1. The summed E-state index contributed by atoms with van der Waals surface area (Å²) in [7, 11) is 1.58. The molecule has 1 amide bonds. The highest BCUT2D eigenvalue weighted by molar-refractivity contribution is 5.76. The van der Waals surface area contributed by atoms with Crippen LogP contribution >= 0.6 is 0 Å². The number of rotatable bonds is 9. The molecule has 0 bridgehead atoms. The fourth-order valence-electron chi connectivity index (χ4n) is 1.77. The van der Waals surface area contributed by atoms with Crippen LogP contribution in [-0.4, -0.2) is 44.2 Å². The Hall–Kier alpha value is -2.26. The maximum atomic E-state index is 12.1. The number of nitrogen functional groups attached to an aromatic ring is 1. The summed E-state index contributed by atoms with van der Waals surface area (Å²) < 4.78 is 10.5. The van der Waals surface area contributed by atoms with Crippen LogP contribution in [0.1, 0.15) is 12.8 Å². The summed E-state index contributed by atoms with van der Waals surface area (Å²) in [6, 6.07) is 9.11. The van der Waals surface area contributed by atoms with Crippen molar-refractivity contribution in [3.8, 4) is 11.8 Å². The lowest BCUT2D eigenvalue weighted by molar-refractivity contribution is -0.132. The van der Waals surface area contributed by atoms with E-state index in [-0.39, 0.29) is 18.9 Å². The van der Waals surface area contributed by atoms with Gasteiger partial charge in [0, 0.05) is 32.0 Å². The van der Waals surface area contributed by atoms with E-state index in [1.54, 1.807) is 36.3 Å². The van der Waals surface area contributed by atoms with Gasteiger partial charge >= 0.3 is 0 Å². The molecular formula is C15H21N3O3. The monoisotopic (exact) mass is 291 g/mol. The van der Waals surface area contributed by atoms with Crippen LogP contribution in [-0.2, 0) is 9.53 Å². The van der Waals surface area contributed by atoms with Gasteiger partial charge in [-0.25, -0.2) is 0 Å². The van der Waals surface area contributed by atoms with Gasteiger partial charge in [-0.2, -0.15) is 5.26 Å². The van der Waals surface area contributed by atoms with Crippen molar-refractivity contribution in [1.82, 2.24) is 4.90 Å². The topological polar surface area (TPSA) is 88.6 Å². The van der Waals surface area contributed by atoms with Gasteiger partial charge in [-0.15, -0.1) is 0 Å². The van der Waals surface area contributed by atoms with Crippen molar-refractivity contribution in [1.29, 1.82) is 5.26 Å². The lowest BCUT2D eigenvalue weighted by Crippen LogP contribution is -2.35. The summed E-state index contributed by atoms with van der Waals surface area (Å²) in [5.74, 6) is 0.592. The molecule has 0 atom stereocenters. The van der Waals surface area contributed by atoms with Crippen molar-refractivity contribution in [3.63, 3.8) is 0 Å². The number of anilines is 1. The maximum absolute atomic E-state index is 12.1. The summed E-state index contributed by atoms with van der Waals surface area (Å²) >= 11 is 0. The fraction of sp³-hybridized carbons (Fsp3) is 0.467. The lowest BCUT2D eigenvalue weighted by Gasteiger charge is -2.21. The molecule has 0 aliphatic rings. The Morgan fingerprint density at radius 2 is 2.19 bits per heavy atom. The lowest BCUT2D eigenvalue weighted by atomic mass is 10.3. The minimum atomic E-state index is -0.0498. The van der Waals surface area contributed by atoms with E-state index in [2.05, 4.69) is 0 Å². The van der Waals surface area contributed by atoms with Gasteiger partial charge in [0.05, 0.1) is 32.1 Å². The van der Waals surface area contributed by atoms with Crippen LogP contribution in [0.15, 0.2) is 24.3 Å². The second kappa shape index (κ2) is 9.61. The maximum Gasteiger partial charge on any atom is 0.226 e. The molecule has 0 radical (unpaired) electrons. The zero-order chi connectivity index (χ0) is 15.5. The number of ether oxygens (including phenoxy) is 2. The summed E-state index contributed by atoms with van der Waals surface area (Å²) in [5.41, 5.74) is 6.27. The third-order valence-electron chi connectivity index (χ3n) is 2.85. The van der Waals surface area contributed by atoms with Crippen LogP contribution in [0.4, 0.5) is 5.69 Å². The molecule has 1 aromatic carbocycles. The third kappa shape index (κ3) is 6.63. The molecule has 1 aromatic rings. The minimum absolute atomic E-state index is 0.0498. The Labute approximate surface area is 125 Å². The molecule has 0 heterocycles. The number of nitriles is 1. The van der Waals surface area contributed by atoms with Crippen molar-refractivity contribution in [2.75, 3.05) is 39.1 Å². The number of hydrogen-bond donors (Lipinski definition) is 1. The first-order valence-electron chi connectivity index (χ1n) is 6.79. The van der Waals surface area contributed by atoms with E-state index in [9.17, 15) is 4.79 Å². The van der Waals surface area contributed by atoms with E-state index in [0.717, 1.165) is 0 Å². The highest BCUT2D eigenvalue weighted by atomic mass is 16.5. The van der Waals surface area contributed by atoms with Crippen LogP contribution in [0.3, 0.4) is 0 Å². The molecule has 0 unspecified atom stereocenters. The van der Waals surface area contributed by atoms with Gasteiger partial charge in [-0.05, 0) is 12.1 Å². The van der Waals surface area contributed by atoms with E-state index >= 15 is 0 Å². The summed E-state index contributed by atoms with van der Waals surface area (Å²) in [4.78, 5) is 13.7. The number of hydrogen-bond acceptors (Lipinski definition) is 5. The van der Waals surface area contributed by atoms with Gasteiger partial charge in [0.1, 0.15) is 5.75 Å². The normalized spacial score (nSPS) is 9.90. The van der Waals surface area contributed by atoms with E-state index in [1.807, 2.05) is 6.07 Å². The number of methoxy groups -OCH3 is 1. The summed E-state index contributed by atoms with van der Waals surface area (Å²) in [5, 5.41) is 8.62. The second-order valence-corrected chi connectivity index (χ2v) is 4.45. The van der Waals surface area contributed by atoms with Gasteiger partial charge in [-0.3, -0.25) is 4.79 Å². The molecule has 0 aromatic heterocycles. The molecule has 6 nitrogen and oxygen atoms in total. The molecule has 6 heteroatoms. The standard InChI is InChI=1S/C15H21N3O3/c1-20-11-9-18(8-3-7-16)15(19)6-10-21-14-5-2-4-13(17)12-14/h2,4-5,12H,3,6,8-11,17H2,1H3. The molecule has 0 aliphatic heterocycles. The van der Waals surface area contributed by atoms with E-state index in [1.165, 1.54) is 0 Å². The highest BCUT2D eigenvalue weighted by Gasteiger charge is 2.12. The van der Waals surface area contributed by atoms with Crippen LogP contribution in [0.5, 0.6) is 5.75 Å². The molecule has 21 heavy (non-hydrogen) atoms. The van der Waals surface area contributed by atoms with Gasteiger partial charge in [0.2, 0.25) is 5.91 Å². The number of carbonyl (C=O) groups is 1. The average molecular weight is 291 g/mol. The minimum Gasteiger partial charge on any atom is -0.493 e. The first-order valence-corrected chi connectivity index (χ1v) is 6.79. The molecule has 0 saturated heterocycles. The van der Waals surface area contributed by atoms with Crippen molar-refractivity contribution >= 4 is 11.6 Å². The fourth-order valence-corrected chi connectivity index (χ4v) is 1.77. The molecule has 2 N–H and O–H groups in total. The Balaban J connectivity index is 2.40. The molecule has 0 fully saturated rings. The van der Waals surface area contributed by atoms with Crippen molar-refractivity contribution < 1.29 is 14.3 Å². The first kappa shape index (κ1) is 16.8. The summed E-state index contributed by atoms with van der Waals surface area (Å²) in [6.45, 7) is 1.62. The Bertz CT molecular complexity index is 485. The van der Waals surface area contributed by atoms with Gasteiger partial charge in [0.25, 0.3) is 0 Å². The Kier molecular flexibility index (Phi) is 7.69. The smallest absolute Gasteiger partial charge is 0.226 e. The van der Waals surface area contributed by atoms with Gasteiger partial charge < -0.3 is 20.1 Å². The van der Waals surface area contributed by atoms with Crippen molar-refractivity contribution in [3.05, 3.63) is 24.3 Å². The number of nitrogens with two attached hydrogens (primary N) is 1. The van der Waals surface area contributed by atoms with E-state index < -0.39 is 0 Å². The number of benzene rings is 1.